The molecular weight excluding hydrogens is 192 g/mol. The van der Waals surface area contributed by atoms with Crippen LogP contribution in [-0.2, 0) is 14.6 Å². The monoisotopic (exact) mass is 206 g/mol. The molecule has 1 aliphatic heterocycles. The zero-order chi connectivity index (χ0) is 10.3. The Morgan fingerprint density at radius 3 is 2.15 bits per heavy atom. The first-order valence-electron chi connectivity index (χ1n) is 4.07. The van der Waals surface area contributed by atoms with Gasteiger partial charge in [-0.1, -0.05) is 0 Å². The number of carbonyl (C=O) groups excluding carboxylic acids is 1. The molecule has 1 N–H and O–H groups in total. The Bertz CT molecular complexity index is 298. The van der Waals surface area contributed by atoms with Crippen LogP contribution in [0.2, 0.25) is 0 Å². The molecule has 0 saturated carbocycles. The van der Waals surface area contributed by atoms with E-state index in [-0.39, 0.29) is 17.9 Å². The fourth-order valence-electron chi connectivity index (χ4n) is 1.91. The quantitative estimate of drug-likeness (QED) is 0.647. The second kappa shape index (κ2) is 2.78. The molecule has 76 valence electrons. The lowest BCUT2D eigenvalue weighted by Gasteiger charge is -2.39. The van der Waals surface area contributed by atoms with E-state index in [9.17, 15) is 18.3 Å². The highest BCUT2D eigenvalue weighted by atomic mass is 32.2. The zero-order valence-corrected chi connectivity index (χ0v) is 8.60. The van der Waals surface area contributed by atoms with Crippen molar-refractivity contribution >= 4 is 16.1 Å². The van der Waals surface area contributed by atoms with Gasteiger partial charge in [-0.3, -0.25) is 0 Å². The summed E-state index contributed by atoms with van der Waals surface area (Å²) < 4.78 is 21.8. The Kier molecular flexibility index (Phi) is 2.28. The lowest BCUT2D eigenvalue weighted by Crippen LogP contribution is -2.52. The van der Waals surface area contributed by atoms with Crippen molar-refractivity contribution in [1.29, 1.82) is 0 Å². The Labute approximate surface area is 77.9 Å². The summed E-state index contributed by atoms with van der Waals surface area (Å²) in [5, 5.41) is 9.47. The fourth-order valence-corrected chi connectivity index (χ4v) is 3.91. The molecule has 1 heterocycles. The number of rotatable bonds is 3. The summed E-state index contributed by atoms with van der Waals surface area (Å²) in [5.41, 5.74) is -1.83. The third kappa shape index (κ3) is 2.51. The molecule has 0 atom stereocenters. The largest absolute Gasteiger partial charge is 0.390 e. The van der Waals surface area contributed by atoms with Crippen LogP contribution in [0.25, 0.3) is 0 Å². The van der Waals surface area contributed by atoms with E-state index < -0.39 is 20.9 Å². The van der Waals surface area contributed by atoms with Gasteiger partial charge in [0.05, 0.1) is 22.5 Å². The second-order valence-corrected chi connectivity index (χ2v) is 6.57. The minimum absolute atomic E-state index is 0.118. The van der Waals surface area contributed by atoms with Crippen molar-refractivity contribution in [2.45, 2.75) is 25.9 Å². The molecular formula is C8H14O4S. The third-order valence-electron chi connectivity index (χ3n) is 2.05. The summed E-state index contributed by atoms with van der Waals surface area (Å²) in [4.78, 5) is 10.7. The second-order valence-electron chi connectivity index (χ2n) is 4.50. The van der Waals surface area contributed by atoms with Gasteiger partial charge in [0.25, 0.3) is 0 Å². The Morgan fingerprint density at radius 2 is 1.92 bits per heavy atom. The van der Waals surface area contributed by atoms with Crippen molar-refractivity contribution in [2.75, 3.05) is 11.5 Å². The van der Waals surface area contributed by atoms with Crippen LogP contribution in [0.1, 0.15) is 20.3 Å². The number of hydrogen-bond donors (Lipinski definition) is 1. The van der Waals surface area contributed by atoms with Crippen LogP contribution in [0.5, 0.6) is 0 Å². The van der Waals surface area contributed by atoms with Crippen LogP contribution in [0, 0.1) is 5.41 Å². The Balaban J connectivity index is 2.72. The summed E-state index contributed by atoms with van der Waals surface area (Å²) in [6, 6.07) is 0. The minimum atomic E-state index is -3.02. The summed E-state index contributed by atoms with van der Waals surface area (Å²) in [6.07, 6.45) is 0.870. The van der Waals surface area contributed by atoms with E-state index in [0.717, 1.165) is 0 Å². The molecule has 0 bridgehead atoms. The number of hydrogen-bond acceptors (Lipinski definition) is 4. The maximum absolute atomic E-state index is 10.9. The van der Waals surface area contributed by atoms with Crippen molar-refractivity contribution in [3.8, 4) is 0 Å². The van der Waals surface area contributed by atoms with Crippen LogP contribution in [0.15, 0.2) is 0 Å². The van der Waals surface area contributed by atoms with Crippen LogP contribution >= 0.6 is 0 Å². The fraction of sp³-hybridized carbons (Fsp3) is 0.875. The average molecular weight is 206 g/mol. The number of aliphatic hydroxyl groups is 1. The average Bonchev–Trinajstić information content (AvgIpc) is 1.79. The van der Waals surface area contributed by atoms with Crippen LogP contribution in [0.4, 0.5) is 0 Å². The molecule has 0 aromatic carbocycles. The van der Waals surface area contributed by atoms with Gasteiger partial charge in [-0.2, -0.15) is 0 Å². The summed E-state index contributed by atoms with van der Waals surface area (Å²) in [5.74, 6) is -0.235. The topological polar surface area (TPSA) is 71.4 Å². The van der Waals surface area contributed by atoms with Gasteiger partial charge in [0.15, 0.2) is 9.84 Å². The highest BCUT2D eigenvalue weighted by Gasteiger charge is 2.50. The molecule has 1 rings (SSSR count). The maximum Gasteiger partial charge on any atom is 0.152 e. The van der Waals surface area contributed by atoms with Gasteiger partial charge in [-0.15, -0.1) is 0 Å². The normalized spacial score (nSPS) is 24.8. The number of sulfone groups is 1. The summed E-state index contributed by atoms with van der Waals surface area (Å²) >= 11 is 0. The van der Waals surface area contributed by atoms with Crippen molar-refractivity contribution < 1.29 is 18.3 Å². The lowest BCUT2D eigenvalue weighted by molar-refractivity contribution is -0.117. The van der Waals surface area contributed by atoms with E-state index in [0.29, 0.717) is 6.29 Å². The van der Waals surface area contributed by atoms with Gasteiger partial charge in [-0.25, -0.2) is 8.42 Å². The van der Waals surface area contributed by atoms with Crippen molar-refractivity contribution in [3.05, 3.63) is 0 Å². The smallest absolute Gasteiger partial charge is 0.152 e. The van der Waals surface area contributed by atoms with Gasteiger partial charge in [0.1, 0.15) is 6.29 Å². The predicted molar refractivity (Wildman–Crippen MR) is 48.1 cm³/mol. The molecule has 0 radical (unpaired) electrons. The minimum Gasteiger partial charge on any atom is -0.390 e. The van der Waals surface area contributed by atoms with Gasteiger partial charge >= 0.3 is 0 Å². The van der Waals surface area contributed by atoms with Gasteiger partial charge < -0.3 is 9.90 Å². The SMILES string of the molecule is CC(C)(O)CC1(C=O)CS(=O)(=O)C1. The number of aldehydes is 1. The van der Waals surface area contributed by atoms with Crippen molar-refractivity contribution in [3.63, 3.8) is 0 Å². The molecule has 5 heteroatoms. The van der Waals surface area contributed by atoms with E-state index in [1.807, 2.05) is 0 Å². The molecule has 0 aromatic rings. The highest BCUT2D eigenvalue weighted by Crippen LogP contribution is 2.37. The third-order valence-corrected chi connectivity index (χ3v) is 4.08. The lowest BCUT2D eigenvalue weighted by atomic mass is 9.82. The van der Waals surface area contributed by atoms with Gasteiger partial charge in [0, 0.05) is 0 Å². The predicted octanol–water partition coefficient (Wildman–Crippen LogP) is -0.239. The summed E-state index contributed by atoms with van der Waals surface area (Å²) in [7, 11) is -3.02. The molecule has 13 heavy (non-hydrogen) atoms. The molecule has 0 aliphatic carbocycles. The van der Waals surface area contributed by atoms with Crippen molar-refractivity contribution in [2.24, 2.45) is 5.41 Å². The Hall–Kier alpha value is -0.420. The highest BCUT2D eigenvalue weighted by molar-refractivity contribution is 7.93. The molecule has 0 aromatic heterocycles. The molecule has 0 spiro atoms. The summed E-state index contributed by atoms with van der Waals surface area (Å²) in [6.45, 7) is 3.15. The molecule has 1 fully saturated rings. The van der Waals surface area contributed by atoms with Crippen LogP contribution < -0.4 is 0 Å². The van der Waals surface area contributed by atoms with Crippen LogP contribution in [-0.4, -0.2) is 36.9 Å². The van der Waals surface area contributed by atoms with E-state index >= 15 is 0 Å². The van der Waals surface area contributed by atoms with E-state index in [2.05, 4.69) is 0 Å². The molecule has 0 amide bonds. The van der Waals surface area contributed by atoms with Crippen molar-refractivity contribution in [1.82, 2.24) is 0 Å². The standard InChI is InChI=1S/C8H14O4S/c1-7(2,10)3-8(4-9)5-13(11,12)6-8/h4,10H,3,5-6H2,1-2H3. The first kappa shape index (κ1) is 10.7. The van der Waals surface area contributed by atoms with E-state index in [4.69, 9.17) is 0 Å². The Morgan fingerprint density at radius 1 is 1.46 bits per heavy atom. The first-order valence-corrected chi connectivity index (χ1v) is 5.89. The molecule has 0 unspecified atom stereocenters. The maximum atomic E-state index is 10.9. The van der Waals surface area contributed by atoms with E-state index in [1.165, 1.54) is 0 Å². The van der Waals surface area contributed by atoms with E-state index in [1.54, 1.807) is 13.8 Å². The molecule has 1 aliphatic rings. The zero-order valence-electron chi connectivity index (χ0n) is 7.78. The first-order chi connectivity index (χ1) is 5.68. The van der Waals surface area contributed by atoms with Gasteiger partial charge in [-0.05, 0) is 20.3 Å². The van der Waals surface area contributed by atoms with Gasteiger partial charge in [0.2, 0.25) is 0 Å². The molecule has 4 nitrogen and oxygen atoms in total. The van der Waals surface area contributed by atoms with Crippen LogP contribution in [0.3, 0.4) is 0 Å². The number of carbonyl (C=O) groups is 1. The molecule has 1 saturated heterocycles.